The normalized spacial score (nSPS) is 19.8. The van der Waals surface area contributed by atoms with E-state index in [9.17, 15) is 0 Å². The molecule has 1 saturated heterocycles. The number of piperazine rings is 1. The molecule has 0 spiro atoms. The maximum atomic E-state index is 7.54. The average molecular weight is 246 g/mol. The summed E-state index contributed by atoms with van der Waals surface area (Å²) in [6.45, 7) is 7.98. The molecule has 0 amide bonds. The van der Waals surface area contributed by atoms with Crippen LogP contribution in [0.4, 0.5) is 0 Å². The quantitative estimate of drug-likeness (QED) is 0.614. The fourth-order valence-electron chi connectivity index (χ4n) is 2.49. The van der Waals surface area contributed by atoms with Crippen molar-refractivity contribution < 1.29 is 0 Å². The van der Waals surface area contributed by atoms with E-state index in [0.29, 0.717) is 0 Å². The summed E-state index contributed by atoms with van der Waals surface area (Å²) < 4.78 is 0. The molecular formula is C14H22N4. The van der Waals surface area contributed by atoms with Crippen molar-refractivity contribution in [1.82, 2.24) is 9.80 Å². The van der Waals surface area contributed by atoms with Crippen LogP contribution in [-0.4, -0.2) is 40.9 Å². The molecule has 0 aromatic heterocycles. The molecule has 1 aromatic carbocycles. The van der Waals surface area contributed by atoms with Crippen LogP contribution < -0.4 is 5.73 Å². The van der Waals surface area contributed by atoms with E-state index in [1.165, 1.54) is 5.56 Å². The Morgan fingerprint density at radius 3 is 2.50 bits per heavy atom. The van der Waals surface area contributed by atoms with Gasteiger partial charge in [-0.25, -0.2) is 0 Å². The second kappa shape index (κ2) is 4.98. The average Bonchev–Trinajstić information content (AvgIpc) is 2.32. The molecular weight excluding hydrogens is 224 g/mol. The molecule has 98 valence electrons. The summed E-state index contributed by atoms with van der Waals surface area (Å²) in [6, 6.07) is 10.5. The minimum absolute atomic E-state index is 0.0414. The van der Waals surface area contributed by atoms with Crippen LogP contribution >= 0.6 is 0 Å². The third-order valence-electron chi connectivity index (χ3n) is 3.63. The number of hydrogen-bond donors (Lipinski definition) is 2. The molecule has 1 heterocycles. The van der Waals surface area contributed by atoms with Crippen LogP contribution in [0, 0.1) is 5.41 Å². The van der Waals surface area contributed by atoms with Crippen molar-refractivity contribution in [2.24, 2.45) is 5.73 Å². The van der Waals surface area contributed by atoms with E-state index in [0.717, 1.165) is 26.2 Å². The Balaban J connectivity index is 2.05. The maximum absolute atomic E-state index is 7.54. The zero-order valence-electron chi connectivity index (χ0n) is 11.2. The largest absolute Gasteiger partial charge is 0.370 e. The van der Waals surface area contributed by atoms with Crippen molar-refractivity contribution >= 4 is 5.96 Å². The summed E-state index contributed by atoms with van der Waals surface area (Å²) >= 11 is 0. The molecule has 1 aromatic rings. The monoisotopic (exact) mass is 246 g/mol. The van der Waals surface area contributed by atoms with Gasteiger partial charge in [-0.15, -0.1) is 0 Å². The molecule has 2 rings (SSSR count). The lowest BCUT2D eigenvalue weighted by atomic mass is 9.98. The fraction of sp³-hybridized carbons (Fsp3) is 0.500. The number of nitrogens with zero attached hydrogens (tertiary/aromatic N) is 2. The molecule has 18 heavy (non-hydrogen) atoms. The van der Waals surface area contributed by atoms with Crippen LogP contribution in [0.3, 0.4) is 0 Å². The minimum Gasteiger partial charge on any atom is -0.370 e. The second-order valence-electron chi connectivity index (χ2n) is 5.53. The Kier molecular flexibility index (Phi) is 3.57. The van der Waals surface area contributed by atoms with Crippen molar-refractivity contribution in [3.8, 4) is 0 Å². The smallest absolute Gasteiger partial charge is 0.188 e. The highest BCUT2D eigenvalue weighted by atomic mass is 15.3. The first kappa shape index (κ1) is 12.9. The molecule has 1 aliphatic rings. The van der Waals surface area contributed by atoms with Gasteiger partial charge >= 0.3 is 0 Å². The number of nitrogens with two attached hydrogens (primary N) is 1. The number of benzene rings is 1. The Morgan fingerprint density at radius 2 is 1.94 bits per heavy atom. The van der Waals surface area contributed by atoms with Crippen LogP contribution in [0.15, 0.2) is 30.3 Å². The lowest BCUT2D eigenvalue weighted by Gasteiger charge is -2.47. The second-order valence-corrected chi connectivity index (χ2v) is 5.53. The van der Waals surface area contributed by atoms with Crippen molar-refractivity contribution in [3.63, 3.8) is 0 Å². The van der Waals surface area contributed by atoms with Gasteiger partial charge in [-0.3, -0.25) is 10.3 Å². The molecule has 0 bridgehead atoms. The van der Waals surface area contributed by atoms with E-state index in [4.69, 9.17) is 11.1 Å². The molecule has 4 heteroatoms. The Morgan fingerprint density at radius 1 is 1.28 bits per heavy atom. The van der Waals surface area contributed by atoms with Gasteiger partial charge in [0.1, 0.15) is 0 Å². The topological polar surface area (TPSA) is 56.4 Å². The maximum Gasteiger partial charge on any atom is 0.188 e. The zero-order chi connectivity index (χ0) is 13.2. The molecule has 0 saturated carbocycles. The van der Waals surface area contributed by atoms with Crippen molar-refractivity contribution in [3.05, 3.63) is 35.9 Å². The van der Waals surface area contributed by atoms with Gasteiger partial charge in [0, 0.05) is 31.7 Å². The Labute approximate surface area is 109 Å². The van der Waals surface area contributed by atoms with Gasteiger partial charge < -0.3 is 10.6 Å². The summed E-state index contributed by atoms with van der Waals surface area (Å²) in [4.78, 5) is 4.41. The van der Waals surface area contributed by atoms with Gasteiger partial charge in [0.05, 0.1) is 0 Å². The van der Waals surface area contributed by atoms with Crippen LogP contribution in [0.2, 0.25) is 0 Å². The van der Waals surface area contributed by atoms with Crippen molar-refractivity contribution in [2.75, 3.05) is 19.6 Å². The number of rotatable bonds is 2. The van der Waals surface area contributed by atoms with Crippen LogP contribution in [-0.2, 0) is 6.54 Å². The lowest BCUT2D eigenvalue weighted by molar-refractivity contribution is 0.0415. The SMILES string of the molecule is CC1(C)CN(C(=N)N)CCN1Cc1ccccc1. The standard InChI is InChI=1S/C14H22N4/c1-14(2)11-17(13(15)16)8-9-18(14)10-12-6-4-3-5-7-12/h3-7H,8-11H2,1-2H3,(H3,15,16). The number of guanidine groups is 1. The summed E-state index contributed by atoms with van der Waals surface area (Å²) in [5.41, 5.74) is 6.95. The van der Waals surface area contributed by atoms with Crippen molar-refractivity contribution in [2.45, 2.75) is 25.9 Å². The first-order valence-electron chi connectivity index (χ1n) is 6.37. The summed E-state index contributed by atoms with van der Waals surface area (Å²) in [6.07, 6.45) is 0. The summed E-state index contributed by atoms with van der Waals surface area (Å²) in [5, 5.41) is 7.54. The Bertz CT molecular complexity index is 413. The summed E-state index contributed by atoms with van der Waals surface area (Å²) in [7, 11) is 0. The molecule has 0 atom stereocenters. The molecule has 1 aliphatic heterocycles. The molecule has 4 nitrogen and oxygen atoms in total. The van der Waals surface area contributed by atoms with Gasteiger partial charge in [0.2, 0.25) is 0 Å². The van der Waals surface area contributed by atoms with Crippen molar-refractivity contribution in [1.29, 1.82) is 5.41 Å². The van der Waals surface area contributed by atoms with E-state index < -0.39 is 0 Å². The molecule has 1 fully saturated rings. The van der Waals surface area contributed by atoms with Crippen LogP contribution in [0.5, 0.6) is 0 Å². The van der Waals surface area contributed by atoms with Crippen LogP contribution in [0.1, 0.15) is 19.4 Å². The number of hydrogen-bond acceptors (Lipinski definition) is 2. The van der Waals surface area contributed by atoms with Crippen LogP contribution in [0.25, 0.3) is 0 Å². The zero-order valence-corrected chi connectivity index (χ0v) is 11.2. The fourth-order valence-corrected chi connectivity index (χ4v) is 2.49. The van der Waals surface area contributed by atoms with Gasteiger partial charge in [-0.05, 0) is 19.4 Å². The van der Waals surface area contributed by atoms with E-state index in [-0.39, 0.29) is 11.5 Å². The molecule has 0 radical (unpaired) electrons. The first-order chi connectivity index (χ1) is 8.49. The van der Waals surface area contributed by atoms with E-state index in [2.05, 4.69) is 43.0 Å². The minimum atomic E-state index is 0.0414. The van der Waals surface area contributed by atoms with E-state index in [1.54, 1.807) is 0 Å². The lowest BCUT2D eigenvalue weighted by Crippen LogP contribution is -2.60. The van der Waals surface area contributed by atoms with E-state index >= 15 is 0 Å². The van der Waals surface area contributed by atoms with Gasteiger partial charge in [-0.2, -0.15) is 0 Å². The molecule has 3 N–H and O–H groups in total. The molecule has 0 unspecified atom stereocenters. The highest BCUT2D eigenvalue weighted by Crippen LogP contribution is 2.22. The van der Waals surface area contributed by atoms with Gasteiger partial charge in [0.15, 0.2) is 5.96 Å². The molecule has 0 aliphatic carbocycles. The number of nitrogens with one attached hydrogen (secondary N) is 1. The predicted octanol–water partition coefficient (Wildman–Crippen LogP) is 1.48. The third kappa shape index (κ3) is 2.82. The Hall–Kier alpha value is -1.55. The highest BCUT2D eigenvalue weighted by Gasteiger charge is 2.33. The first-order valence-corrected chi connectivity index (χ1v) is 6.37. The summed E-state index contributed by atoms with van der Waals surface area (Å²) in [5.74, 6) is 0.183. The van der Waals surface area contributed by atoms with Gasteiger partial charge in [-0.1, -0.05) is 30.3 Å². The highest BCUT2D eigenvalue weighted by molar-refractivity contribution is 5.74. The van der Waals surface area contributed by atoms with E-state index in [1.807, 2.05) is 11.0 Å². The van der Waals surface area contributed by atoms with Gasteiger partial charge in [0.25, 0.3) is 0 Å². The third-order valence-corrected chi connectivity index (χ3v) is 3.63. The predicted molar refractivity (Wildman–Crippen MR) is 74.4 cm³/mol.